The summed E-state index contributed by atoms with van der Waals surface area (Å²) in [6.07, 6.45) is -1.04. The lowest BCUT2D eigenvalue weighted by atomic mass is 10.1. The van der Waals surface area contributed by atoms with E-state index in [-0.39, 0.29) is 29.3 Å². The Labute approximate surface area is 123 Å². The highest BCUT2D eigenvalue weighted by molar-refractivity contribution is 6.74. The van der Waals surface area contributed by atoms with Crippen LogP contribution in [-0.2, 0) is 13.9 Å². The summed E-state index contributed by atoms with van der Waals surface area (Å²) in [4.78, 5) is 0. The second-order valence-electron chi connectivity index (χ2n) is 8.26. The molecule has 0 unspecified atom stereocenters. The van der Waals surface area contributed by atoms with Crippen LogP contribution < -0.4 is 0 Å². The molecule has 4 nitrogen and oxygen atoms in total. The van der Waals surface area contributed by atoms with Crippen LogP contribution >= 0.6 is 0 Å². The molecule has 0 aromatic heterocycles. The maximum Gasteiger partial charge on any atom is 0.192 e. The van der Waals surface area contributed by atoms with Gasteiger partial charge in [-0.25, -0.2) is 0 Å². The fraction of sp³-hybridized carbons (Fsp3) is 1.00. The van der Waals surface area contributed by atoms with Crippen LogP contribution in [0.3, 0.4) is 0 Å². The molecular formula is C15H30O4Si. The van der Waals surface area contributed by atoms with Gasteiger partial charge in [-0.15, -0.1) is 0 Å². The zero-order chi connectivity index (χ0) is 15.5. The number of hydrogen-bond acceptors (Lipinski definition) is 4. The molecule has 1 aliphatic carbocycles. The average molecular weight is 302 g/mol. The van der Waals surface area contributed by atoms with Crippen molar-refractivity contribution in [3.05, 3.63) is 0 Å². The molecular weight excluding hydrogens is 272 g/mol. The monoisotopic (exact) mass is 302 g/mol. The third kappa shape index (κ3) is 2.71. The zero-order valence-electron chi connectivity index (χ0n) is 14.1. The Morgan fingerprint density at radius 3 is 2.10 bits per heavy atom. The van der Waals surface area contributed by atoms with Crippen molar-refractivity contribution in [3.8, 4) is 0 Å². The Balaban J connectivity index is 2.19. The summed E-state index contributed by atoms with van der Waals surface area (Å²) in [6, 6.07) is 0. The number of aliphatic hydroxyl groups is 1. The molecule has 0 bridgehead atoms. The first-order valence-corrected chi connectivity index (χ1v) is 10.5. The van der Waals surface area contributed by atoms with Crippen molar-refractivity contribution in [2.24, 2.45) is 5.92 Å². The molecule has 118 valence electrons. The van der Waals surface area contributed by atoms with Crippen LogP contribution in [0.2, 0.25) is 18.1 Å². The summed E-state index contributed by atoms with van der Waals surface area (Å²) in [5, 5.41) is 10.6. The molecule has 2 aliphatic rings. The van der Waals surface area contributed by atoms with Gasteiger partial charge in [0.25, 0.3) is 0 Å². The smallest absolute Gasteiger partial charge is 0.192 e. The van der Waals surface area contributed by atoms with Gasteiger partial charge in [0.1, 0.15) is 12.2 Å². The van der Waals surface area contributed by atoms with Crippen molar-refractivity contribution in [1.82, 2.24) is 0 Å². The molecule has 1 aliphatic heterocycles. The molecule has 5 heteroatoms. The third-order valence-corrected chi connectivity index (χ3v) is 9.59. The number of fused-ring (bicyclic) bond motifs is 1. The van der Waals surface area contributed by atoms with Gasteiger partial charge < -0.3 is 19.0 Å². The van der Waals surface area contributed by atoms with Crippen molar-refractivity contribution in [2.45, 2.75) is 89.9 Å². The van der Waals surface area contributed by atoms with Gasteiger partial charge in [0.2, 0.25) is 0 Å². The van der Waals surface area contributed by atoms with Gasteiger partial charge in [0, 0.05) is 5.92 Å². The van der Waals surface area contributed by atoms with Crippen LogP contribution in [0, 0.1) is 5.92 Å². The Morgan fingerprint density at radius 2 is 1.60 bits per heavy atom. The predicted molar refractivity (Wildman–Crippen MR) is 81.1 cm³/mol. The second kappa shape index (κ2) is 4.78. The van der Waals surface area contributed by atoms with E-state index in [1.807, 2.05) is 20.8 Å². The zero-order valence-corrected chi connectivity index (χ0v) is 15.1. The highest BCUT2D eigenvalue weighted by atomic mass is 28.4. The lowest BCUT2D eigenvalue weighted by Gasteiger charge is -2.40. The largest absolute Gasteiger partial charge is 0.409 e. The summed E-state index contributed by atoms with van der Waals surface area (Å²) in [5.74, 6) is -0.546. The third-order valence-electron chi connectivity index (χ3n) is 5.12. The van der Waals surface area contributed by atoms with Crippen molar-refractivity contribution in [2.75, 3.05) is 0 Å². The molecule has 20 heavy (non-hydrogen) atoms. The first-order chi connectivity index (χ1) is 8.86. The summed E-state index contributed by atoms with van der Waals surface area (Å²) in [7, 11) is -1.94. The molecule has 2 rings (SSSR count). The quantitative estimate of drug-likeness (QED) is 0.797. The van der Waals surface area contributed by atoms with Crippen LogP contribution in [0.15, 0.2) is 0 Å². The first-order valence-electron chi connectivity index (χ1n) is 7.57. The van der Waals surface area contributed by atoms with Crippen molar-refractivity contribution in [1.29, 1.82) is 0 Å². The molecule has 1 saturated carbocycles. The standard InChI is InChI=1S/C15H30O4Si/c1-9-10(16)12(19-20(7,8)14(2,3)4)13-11(9)17-15(5,6)18-13/h9-13,16H,1-8H3/t9-,10-,11-,12-,13-/m0/s1. The van der Waals surface area contributed by atoms with E-state index in [1.165, 1.54) is 0 Å². The lowest BCUT2D eigenvalue weighted by Crippen LogP contribution is -2.49. The Hall–Kier alpha value is 0.0569. The molecule has 0 amide bonds. The average Bonchev–Trinajstić information content (AvgIpc) is 2.66. The van der Waals surface area contributed by atoms with Crippen LogP contribution in [0.5, 0.6) is 0 Å². The number of ether oxygens (including phenoxy) is 2. The van der Waals surface area contributed by atoms with Gasteiger partial charge in [-0.1, -0.05) is 27.7 Å². The minimum Gasteiger partial charge on any atom is -0.409 e. The van der Waals surface area contributed by atoms with E-state index in [0.717, 1.165) is 0 Å². The van der Waals surface area contributed by atoms with Crippen molar-refractivity contribution >= 4 is 8.32 Å². The fourth-order valence-corrected chi connectivity index (χ4v) is 4.13. The summed E-state index contributed by atoms with van der Waals surface area (Å²) in [5.41, 5.74) is 0. The molecule has 5 atom stereocenters. The molecule has 0 aromatic carbocycles. The SMILES string of the molecule is C[C@H]1[C@H](O)[C@H](O[Si](C)(C)C(C)(C)C)[C@H]2OC(C)(C)O[C@@H]12. The highest BCUT2D eigenvalue weighted by Gasteiger charge is 2.59. The van der Waals surface area contributed by atoms with E-state index in [0.29, 0.717) is 0 Å². The maximum absolute atomic E-state index is 10.5. The van der Waals surface area contributed by atoms with E-state index in [1.54, 1.807) is 0 Å². The minimum atomic E-state index is -1.94. The number of aliphatic hydroxyl groups excluding tert-OH is 1. The van der Waals surface area contributed by atoms with Crippen LogP contribution in [0.4, 0.5) is 0 Å². The Bertz CT molecular complexity index is 375. The van der Waals surface area contributed by atoms with E-state index in [2.05, 4.69) is 33.9 Å². The Morgan fingerprint density at radius 1 is 1.10 bits per heavy atom. The summed E-state index contributed by atoms with van der Waals surface area (Å²) in [6.45, 7) is 16.9. The first kappa shape index (κ1) is 16.4. The Kier molecular flexibility index (Phi) is 3.93. The van der Waals surface area contributed by atoms with Crippen LogP contribution in [0.25, 0.3) is 0 Å². The van der Waals surface area contributed by atoms with Gasteiger partial charge in [0.15, 0.2) is 14.1 Å². The number of hydrogen-bond donors (Lipinski definition) is 1. The molecule has 1 N–H and O–H groups in total. The summed E-state index contributed by atoms with van der Waals surface area (Å²) >= 11 is 0. The summed E-state index contributed by atoms with van der Waals surface area (Å²) < 4.78 is 18.4. The number of rotatable bonds is 2. The van der Waals surface area contributed by atoms with Crippen LogP contribution in [0.1, 0.15) is 41.5 Å². The lowest BCUT2D eigenvalue weighted by molar-refractivity contribution is -0.177. The van der Waals surface area contributed by atoms with Gasteiger partial charge in [-0.2, -0.15) is 0 Å². The normalized spacial score (nSPS) is 41.0. The van der Waals surface area contributed by atoms with E-state index < -0.39 is 20.2 Å². The van der Waals surface area contributed by atoms with Crippen molar-refractivity contribution in [3.63, 3.8) is 0 Å². The molecule has 0 radical (unpaired) electrons. The van der Waals surface area contributed by atoms with Crippen LogP contribution in [-0.4, -0.2) is 43.6 Å². The molecule has 1 heterocycles. The van der Waals surface area contributed by atoms with Gasteiger partial charge in [0.05, 0.1) is 12.2 Å². The van der Waals surface area contributed by atoms with Gasteiger partial charge in [-0.3, -0.25) is 0 Å². The highest BCUT2D eigenvalue weighted by Crippen LogP contribution is 2.46. The van der Waals surface area contributed by atoms with E-state index in [9.17, 15) is 5.11 Å². The van der Waals surface area contributed by atoms with Gasteiger partial charge in [-0.05, 0) is 32.0 Å². The molecule has 0 aromatic rings. The second-order valence-corrected chi connectivity index (χ2v) is 13.0. The maximum atomic E-state index is 10.5. The topological polar surface area (TPSA) is 47.9 Å². The molecule has 2 fully saturated rings. The molecule has 0 spiro atoms. The fourth-order valence-electron chi connectivity index (χ4n) is 2.82. The van der Waals surface area contributed by atoms with E-state index >= 15 is 0 Å². The van der Waals surface area contributed by atoms with Gasteiger partial charge >= 0.3 is 0 Å². The minimum absolute atomic E-state index is 0.0385. The van der Waals surface area contributed by atoms with E-state index in [4.69, 9.17) is 13.9 Å². The predicted octanol–water partition coefficient (Wildman–Crippen LogP) is 2.91. The molecule has 1 saturated heterocycles. The van der Waals surface area contributed by atoms with Crippen molar-refractivity contribution < 1.29 is 19.0 Å².